The molecule has 1 N–H and O–H groups in total. The summed E-state index contributed by atoms with van der Waals surface area (Å²) in [6.45, 7) is 0.351. The monoisotopic (exact) mass is 308 g/mol. The van der Waals surface area contributed by atoms with Gasteiger partial charge in [0.05, 0.1) is 34.4 Å². The van der Waals surface area contributed by atoms with Gasteiger partial charge in [-0.15, -0.1) is 0 Å². The molecule has 1 aromatic rings. The highest BCUT2D eigenvalue weighted by Gasteiger charge is 2.07. The van der Waals surface area contributed by atoms with Gasteiger partial charge in [0, 0.05) is 5.56 Å². The molecule has 0 fully saturated rings. The van der Waals surface area contributed by atoms with Gasteiger partial charge >= 0.3 is 0 Å². The molecule has 0 aliphatic heterocycles. The standard InChI is InChI=1S/C8H6ClIN2O/c9-7-3-1-2-6(8(7)13)4-12(10)5-11/h1-3,13H,4H2. The molecule has 5 heteroatoms. The van der Waals surface area contributed by atoms with E-state index in [1.165, 1.54) is 3.11 Å². The fourth-order valence-corrected chi connectivity index (χ4v) is 1.43. The fourth-order valence-electron chi connectivity index (χ4n) is 0.872. The van der Waals surface area contributed by atoms with Crippen molar-refractivity contribution in [3.63, 3.8) is 0 Å². The van der Waals surface area contributed by atoms with E-state index in [4.69, 9.17) is 16.9 Å². The number of aromatic hydroxyl groups is 1. The third-order valence-corrected chi connectivity index (χ3v) is 2.35. The molecule has 0 saturated carbocycles. The van der Waals surface area contributed by atoms with Crippen LogP contribution in [0.25, 0.3) is 0 Å². The first-order chi connectivity index (χ1) is 6.15. The number of halogens is 2. The molecular formula is C8H6ClIN2O. The van der Waals surface area contributed by atoms with Gasteiger partial charge < -0.3 is 5.11 Å². The van der Waals surface area contributed by atoms with Gasteiger partial charge in [0.2, 0.25) is 0 Å². The summed E-state index contributed by atoms with van der Waals surface area (Å²) in [4.78, 5) is 0. The fraction of sp³-hybridized carbons (Fsp3) is 0.125. The number of phenolic OH excluding ortho intramolecular Hbond substituents is 1. The average molecular weight is 309 g/mol. The first-order valence-electron chi connectivity index (χ1n) is 3.44. The molecule has 0 aromatic heterocycles. The maximum absolute atomic E-state index is 9.47. The Hall–Kier alpha value is -0.670. The Morgan fingerprint density at radius 1 is 1.62 bits per heavy atom. The molecule has 13 heavy (non-hydrogen) atoms. The Balaban J connectivity index is 2.90. The van der Waals surface area contributed by atoms with E-state index in [0.29, 0.717) is 17.1 Å². The van der Waals surface area contributed by atoms with Crippen LogP contribution in [0.1, 0.15) is 5.56 Å². The Bertz CT molecular complexity index is 350. The van der Waals surface area contributed by atoms with Crippen molar-refractivity contribution < 1.29 is 5.11 Å². The van der Waals surface area contributed by atoms with Crippen LogP contribution >= 0.6 is 34.5 Å². The summed E-state index contributed by atoms with van der Waals surface area (Å²) < 4.78 is 1.38. The SMILES string of the molecule is N#CN(I)Cc1cccc(Cl)c1O. The van der Waals surface area contributed by atoms with Crippen LogP contribution in [-0.4, -0.2) is 8.22 Å². The van der Waals surface area contributed by atoms with Crippen molar-refractivity contribution in [2.24, 2.45) is 0 Å². The van der Waals surface area contributed by atoms with Crippen LogP contribution in [0.15, 0.2) is 18.2 Å². The topological polar surface area (TPSA) is 47.3 Å². The molecule has 0 atom stereocenters. The van der Waals surface area contributed by atoms with Gasteiger partial charge in [-0.05, 0) is 6.07 Å². The zero-order valence-corrected chi connectivity index (χ0v) is 9.45. The van der Waals surface area contributed by atoms with Crippen LogP contribution in [0.2, 0.25) is 5.02 Å². The predicted molar refractivity (Wildman–Crippen MR) is 58.3 cm³/mol. The average Bonchev–Trinajstić information content (AvgIpc) is 2.13. The summed E-state index contributed by atoms with van der Waals surface area (Å²) in [6, 6.07) is 5.06. The van der Waals surface area contributed by atoms with Gasteiger partial charge in [-0.25, -0.2) is 3.11 Å². The number of nitrogens with zero attached hydrogens (tertiary/aromatic N) is 2. The normalized spacial score (nSPS) is 9.31. The zero-order chi connectivity index (χ0) is 9.84. The van der Waals surface area contributed by atoms with Gasteiger partial charge in [0.25, 0.3) is 0 Å². The molecule has 0 radical (unpaired) electrons. The maximum atomic E-state index is 9.47. The molecule has 1 aromatic carbocycles. The molecule has 0 bridgehead atoms. The Labute approximate surface area is 95.0 Å². The zero-order valence-electron chi connectivity index (χ0n) is 6.54. The molecule has 1 rings (SSSR count). The molecule has 3 nitrogen and oxygen atoms in total. The summed E-state index contributed by atoms with van der Waals surface area (Å²) in [5.41, 5.74) is 0.642. The lowest BCUT2D eigenvalue weighted by Crippen LogP contribution is -2.02. The minimum atomic E-state index is 0.0427. The Morgan fingerprint density at radius 3 is 2.92 bits per heavy atom. The van der Waals surface area contributed by atoms with Crippen LogP contribution in [0.3, 0.4) is 0 Å². The third-order valence-electron chi connectivity index (χ3n) is 1.49. The number of rotatable bonds is 2. The minimum Gasteiger partial charge on any atom is -0.506 e. The van der Waals surface area contributed by atoms with Crippen molar-refractivity contribution in [3.05, 3.63) is 28.8 Å². The maximum Gasteiger partial charge on any atom is 0.189 e. The molecule has 0 spiro atoms. The summed E-state index contributed by atoms with van der Waals surface area (Å²) in [7, 11) is 0. The molecule has 0 aliphatic carbocycles. The van der Waals surface area contributed by atoms with Crippen molar-refractivity contribution in [1.82, 2.24) is 3.11 Å². The van der Waals surface area contributed by atoms with E-state index >= 15 is 0 Å². The van der Waals surface area contributed by atoms with Crippen molar-refractivity contribution in [2.75, 3.05) is 0 Å². The largest absolute Gasteiger partial charge is 0.506 e. The summed E-state index contributed by atoms with van der Waals surface area (Å²) in [5.74, 6) is 0.0427. The number of benzene rings is 1. The molecule has 0 aliphatic rings. The van der Waals surface area contributed by atoms with E-state index in [0.717, 1.165) is 0 Å². The first-order valence-corrected chi connectivity index (χ1v) is 4.79. The lowest BCUT2D eigenvalue weighted by Gasteiger charge is -2.08. The van der Waals surface area contributed by atoms with Gasteiger partial charge in [-0.3, -0.25) is 0 Å². The van der Waals surface area contributed by atoms with Gasteiger partial charge in [-0.1, -0.05) is 23.7 Å². The Kier molecular flexibility index (Phi) is 3.63. The van der Waals surface area contributed by atoms with Crippen LogP contribution in [-0.2, 0) is 6.54 Å². The van der Waals surface area contributed by atoms with Gasteiger partial charge in [0.1, 0.15) is 5.75 Å². The van der Waals surface area contributed by atoms with Crippen LogP contribution in [0.4, 0.5) is 0 Å². The highest BCUT2D eigenvalue weighted by molar-refractivity contribution is 14.1. The summed E-state index contributed by atoms with van der Waals surface area (Å²) >= 11 is 7.54. The van der Waals surface area contributed by atoms with Crippen molar-refractivity contribution in [2.45, 2.75) is 6.54 Å². The van der Waals surface area contributed by atoms with Crippen LogP contribution < -0.4 is 0 Å². The third kappa shape index (κ3) is 2.64. The number of para-hydroxylation sites is 1. The highest BCUT2D eigenvalue weighted by atomic mass is 127. The van der Waals surface area contributed by atoms with E-state index < -0.39 is 0 Å². The lowest BCUT2D eigenvalue weighted by molar-refractivity contribution is 0.463. The lowest BCUT2D eigenvalue weighted by atomic mass is 10.2. The molecule has 0 heterocycles. The molecule has 0 amide bonds. The smallest absolute Gasteiger partial charge is 0.189 e. The molecular weight excluding hydrogens is 302 g/mol. The summed E-state index contributed by atoms with van der Waals surface area (Å²) in [5, 5.41) is 18.3. The van der Waals surface area contributed by atoms with E-state index in [9.17, 15) is 5.11 Å². The van der Waals surface area contributed by atoms with Crippen LogP contribution in [0, 0.1) is 11.5 Å². The van der Waals surface area contributed by atoms with Crippen molar-refractivity contribution >= 4 is 34.5 Å². The van der Waals surface area contributed by atoms with E-state index in [-0.39, 0.29) is 5.75 Å². The van der Waals surface area contributed by atoms with Gasteiger partial charge in [-0.2, -0.15) is 5.26 Å². The molecule has 0 unspecified atom stereocenters. The summed E-state index contributed by atoms with van der Waals surface area (Å²) in [6.07, 6.45) is 1.93. The number of hydrogen-bond acceptors (Lipinski definition) is 3. The van der Waals surface area contributed by atoms with Gasteiger partial charge in [0.15, 0.2) is 6.19 Å². The number of nitriles is 1. The van der Waals surface area contributed by atoms with E-state index in [2.05, 4.69) is 0 Å². The second-order valence-corrected chi connectivity index (χ2v) is 3.94. The first kappa shape index (κ1) is 10.4. The van der Waals surface area contributed by atoms with E-state index in [1.807, 2.05) is 29.1 Å². The van der Waals surface area contributed by atoms with Crippen LogP contribution in [0.5, 0.6) is 5.75 Å². The van der Waals surface area contributed by atoms with E-state index in [1.54, 1.807) is 18.2 Å². The second-order valence-electron chi connectivity index (χ2n) is 2.37. The predicted octanol–water partition coefficient (Wildman–Crippen LogP) is 2.68. The van der Waals surface area contributed by atoms with Crippen molar-refractivity contribution in [1.29, 1.82) is 5.26 Å². The van der Waals surface area contributed by atoms with Crippen molar-refractivity contribution in [3.8, 4) is 11.9 Å². The second kappa shape index (κ2) is 4.53. The highest BCUT2D eigenvalue weighted by Crippen LogP contribution is 2.28. The molecule has 68 valence electrons. The molecule has 0 saturated heterocycles. The number of hydrogen-bond donors (Lipinski definition) is 1. The number of phenols is 1. The quantitative estimate of drug-likeness (QED) is 0.395. The Morgan fingerprint density at radius 2 is 2.31 bits per heavy atom. The minimum absolute atomic E-state index is 0.0427.